The number of rotatable bonds is 6. The largest absolute Gasteiger partial charge is 0.323 e. The summed E-state index contributed by atoms with van der Waals surface area (Å²) >= 11 is 1.52. The maximum Gasteiger partial charge on any atom is 0.291 e. The molecule has 0 saturated carbocycles. The van der Waals surface area contributed by atoms with Gasteiger partial charge < -0.3 is 9.98 Å². The molecule has 6 nitrogen and oxygen atoms in total. The quantitative estimate of drug-likeness (QED) is 0.514. The van der Waals surface area contributed by atoms with Crippen LogP contribution in [0.2, 0.25) is 0 Å². The highest BCUT2D eigenvalue weighted by Gasteiger charge is 2.21. The van der Waals surface area contributed by atoms with Crippen LogP contribution in [0, 0.1) is 5.41 Å². The zero-order valence-corrected chi connectivity index (χ0v) is 16.8. The highest BCUT2D eigenvalue weighted by Crippen LogP contribution is 2.34. The molecule has 27 heavy (non-hydrogen) atoms. The highest BCUT2D eigenvalue weighted by molar-refractivity contribution is 7.19. The van der Waals surface area contributed by atoms with Gasteiger partial charge in [-0.2, -0.15) is 5.10 Å². The van der Waals surface area contributed by atoms with Gasteiger partial charge in [-0.25, -0.2) is 9.67 Å². The van der Waals surface area contributed by atoms with Crippen LogP contribution in [-0.2, 0) is 13.6 Å². The van der Waals surface area contributed by atoms with E-state index in [-0.39, 0.29) is 11.5 Å². The van der Waals surface area contributed by atoms with Crippen LogP contribution in [0.3, 0.4) is 0 Å². The summed E-state index contributed by atoms with van der Waals surface area (Å²) in [6, 6.07) is 0. The molecule has 0 aromatic carbocycles. The lowest BCUT2D eigenvalue weighted by atomic mass is 10.1. The van der Waals surface area contributed by atoms with E-state index < -0.39 is 0 Å². The third kappa shape index (κ3) is 3.30. The van der Waals surface area contributed by atoms with Gasteiger partial charge in [0.05, 0.1) is 17.4 Å². The van der Waals surface area contributed by atoms with Crippen molar-refractivity contribution < 1.29 is 0 Å². The van der Waals surface area contributed by atoms with E-state index >= 15 is 0 Å². The van der Waals surface area contributed by atoms with E-state index in [0.29, 0.717) is 17.8 Å². The Hall–Kier alpha value is -2.80. The normalized spacial score (nSPS) is 13.3. The Morgan fingerprint density at radius 1 is 1.37 bits per heavy atom. The van der Waals surface area contributed by atoms with E-state index in [1.54, 1.807) is 12.3 Å². The first-order valence-electron chi connectivity index (χ1n) is 8.75. The van der Waals surface area contributed by atoms with Crippen molar-refractivity contribution in [3.05, 3.63) is 58.0 Å². The lowest BCUT2D eigenvalue weighted by molar-refractivity contribution is 0.644. The highest BCUT2D eigenvalue weighted by atomic mass is 32.1. The fourth-order valence-corrected chi connectivity index (χ4v) is 4.22. The molecule has 0 saturated heterocycles. The summed E-state index contributed by atoms with van der Waals surface area (Å²) in [4.78, 5) is 17.6. The molecule has 1 atom stereocenters. The van der Waals surface area contributed by atoms with Crippen molar-refractivity contribution in [2.75, 3.05) is 0 Å². The van der Waals surface area contributed by atoms with Crippen LogP contribution in [-0.4, -0.2) is 25.0 Å². The number of allylic oxidation sites excluding steroid dienone is 5. The first-order valence-corrected chi connectivity index (χ1v) is 9.57. The average molecular weight is 382 g/mol. The Morgan fingerprint density at radius 2 is 2.07 bits per heavy atom. The number of aromatic nitrogens is 4. The van der Waals surface area contributed by atoms with Gasteiger partial charge in [0, 0.05) is 24.1 Å². The summed E-state index contributed by atoms with van der Waals surface area (Å²) in [7, 11) is 1.85. The van der Waals surface area contributed by atoms with Crippen molar-refractivity contribution >= 4 is 38.3 Å². The predicted molar refractivity (Wildman–Crippen MR) is 113 cm³/mol. The molecule has 3 rings (SSSR count). The summed E-state index contributed by atoms with van der Waals surface area (Å²) in [6.45, 7) is 10.1. The van der Waals surface area contributed by atoms with Gasteiger partial charge >= 0.3 is 0 Å². The second kappa shape index (κ2) is 7.44. The first-order chi connectivity index (χ1) is 12.9. The molecular weight excluding hydrogens is 358 g/mol. The Morgan fingerprint density at radius 3 is 2.74 bits per heavy atom. The molecule has 0 radical (unpaired) electrons. The van der Waals surface area contributed by atoms with Crippen molar-refractivity contribution in [2.45, 2.75) is 33.2 Å². The molecule has 0 spiro atoms. The second-order valence-corrected chi connectivity index (χ2v) is 7.50. The summed E-state index contributed by atoms with van der Waals surface area (Å²) in [5.41, 5.74) is 2.54. The molecule has 3 aromatic heterocycles. The van der Waals surface area contributed by atoms with Gasteiger partial charge in [-0.1, -0.05) is 31.7 Å². The van der Waals surface area contributed by atoms with Gasteiger partial charge in [-0.05, 0) is 25.5 Å². The van der Waals surface area contributed by atoms with Crippen LogP contribution in [0.25, 0.3) is 21.3 Å². The number of hydrogen-bond acceptors (Lipinski definition) is 5. The van der Waals surface area contributed by atoms with E-state index in [9.17, 15) is 4.79 Å². The van der Waals surface area contributed by atoms with E-state index in [1.807, 2.05) is 50.6 Å². The Balaban J connectivity index is 2.12. The van der Waals surface area contributed by atoms with Gasteiger partial charge in [-0.15, -0.1) is 11.3 Å². The molecule has 7 heteroatoms. The maximum absolute atomic E-state index is 12.9. The number of nitrogens with one attached hydrogen (secondary N) is 1. The SMILES string of the molecule is C=C(/C=C\C)Cn1ncc2c3sc(C(C)C(=N)/C=C\C)nc3n(C)c2c1=O. The Kier molecular flexibility index (Phi) is 5.23. The van der Waals surface area contributed by atoms with Crippen LogP contribution in [0.5, 0.6) is 0 Å². The van der Waals surface area contributed by atoms with Crippen LogP contribution < -0.4 is 5.56 Å². The standard InChI is InChI=1S/C20H23N5OS/c1-6-8-12(3)11-25-20(26)16-14(10-22-25)17-18(24(16)5)23-19(27-17)13(4)15(21)9-7-2/h6-10,13,21H,3,11H2,1-2,4-5H3/b8-6-,9-7-,21-15?. The molecule has 0 fully saturated rings. The van der Waals surface area contributed by atoms with Crippen LogP contribution in [0.4, 0.5) is 0 Å². The Labute approximate surface area is 161 Å². The molecule has 0 aliphatic heterocycles. The van der Waals surface area contributed by atoms with Crippen molar-refractivity contribution in [3.63, 3.8) is 0 Å². The van der Waals surface area contributed by atoms with Gasteiger partial charge in [-0.3, -0.25) is 4.79 Å². The van der Waals surface area contributed by atoms with E-state index in [0.717, 1.165) is 26.3 Å². The first kappa shape index (κ1) is 19.0. The number of aryl methyl sites for hydroxylation is 1. The smallest absolute Gasteiger partial charge is 0.291 e. The number of fused-ring (bicyclic) bond motifs is 3. The van der Waals surface area contributed by atoms with Gasteiger partial charge in [0.15, 0.2) is 5.65 Å². The summed E-state index contributed by atoms with van der Waals surface area (Å²) in [5.74, 6) is -0.0915. The summed E-state index contributed by atoms with van der Waals surface area (Å²) in [5, 5.41) is 14.1. The van der Waals surface area contributed by atoms with Crippen LogP contribution in [0.15, 0.2) is 47.4 Å². The van der Waals surface area contributed by atoms with Crippen LogP contribution in [0.1, 0.15) is 31.7 Å². The number of nitrogens with zero attached hydrogens (tertiary/aromatic N) is 4. The van der Waals surface area contributed by atoms with E-state index in [2.05, 4.69) is 11.7 Å². The monoisotopic (exact) mass is 381 g/mol. The lowest BCUT2D eigenvalue weighted by Crippen LogP contribution is -2.24. The average Bonchev–Trinajstić information content (AvgIpc) is 3.17. The minimum Gasteiger partial charge on any atom is -0.323 e. The van der Waals surface area contributed by atoms with E-state index in [4.69, 9.17) is 10.4 Å². The summed E-state index contributed by atoms with van der Waals surface area (Å²) in [6.07, 6.45) is 9.13. The Bertz CT molecular complexity index is 1160. The van der Waals surface area contributed by atoms with Gasteiger partial charge in [0.1, 0.15) is 10.5 Å². The molecule has 0 aliphatic carbocycles. The zero-order valence-electron chi connectivity index (χ0n) is 16.0. The molecule has 3 aromatic rings. The zero-order chi connectivity index (χ0) is 19.7. The van der Waals surface area contributed by atoms with Crippen molar-refractivity contribution in [2.24, 2.45) is 7.05 Å². The molecule has 3 heterocycles. The third-order valence-electron chi connectivity index (χ3n) is 4.48. The van der Waals surface area contributed by atoms with E-state index in [1.165, 1.54) is 16.0 Å². The fraction of sp³-hybridized carbons (Fsp3) is 0.300. The molecule has 0 aliphatic rings. The summed E-state index contributed by atoms with van der Waals surface area (Å²) < 4.78 is 4.20. The minimum atomic E-state index is -0.151. The van der Waals surface area contributed by atoms with Crippen LogP contribution >= 0.6 is 11.3 Å². The van der Waals surface area contributed by atoms with Gasteiger partial charge in [0.2, 0.25) is 0 Å². The minimum absolute atomic E-state index is 0.0915. The van der Waals surface area contributed by atoms with Crippen molar-refractivity contribution in [1.29, 1.82) is 5.41 Å². The topological polar surface area (TPSA) is 76.6 Å². The second-order valence-electron chi connectivity index (χ2n) is 6.47. The van der Waals surface area contributed by atoms with Crippen molar-refractivity contribution in [3.8, 4) is 0 Å². The number of thiazole rings is 1. The van der Waals surface area contributed by atoms with Crippen molar-refractivity contribution in [1.82, 2.24) is 19.3 Å². The molecular formula is C20H23N5OS. The predicted octanol–water partition coefficient (Wildman–Crippen LogP) is 4.18. The molecule has 140 valence electrons. The maximum atomic E-state index is 12.9. The fourth-order valence-electron chi connectivity index (χ4n) is 3.04. The van der Waals surface area contributed by atoms with Gasteiger partial charge in [0.25, 0.3) is 5.56 Å². The molecule has 1 unspecified atom stereocenters. The number of hydrogen-bond donors (Lipinski definition) is 1. The molecule has 0 amide bonds. The molecule has 1 N–H and O–H groups in total. The molecule has 0 bridgehead atoms. The third-order valence-corrected chi connectivity index (χ3v) is 5.74. The lowest BCUT2D eigenvalue weighted by Gasteiger charge is -2.07.